The summed E-state index contributed by atoms with van der Waals surface area (Å²) < 4.78 is 5.99. The molecule has 3 heteroatoms. The van der Waals surface area contributed by atoms with Gasteiger partial charge in [-0.1, -0.05) is 36.4 Å². The molecule has 0 radical (unpaired) electrons. The number of hydrogen-bond donors (Lipinski definition) is 0. The van der Waals surface area contributed by atoms with Gasteiger partial charge >= 0.3 is 5.97 Å². The fourth-order valence-electron chi connectivity index (χ4n) is 5.68. The second-order valence-corrected chi connectivity index (χ2v) is 8.87. The lowest BCUT2D eigenvalue weighted by Crippen LogP contribution is -2.49. The summed E-state index contributed by atoms with van der Waals surface area (Å²) in [7, 11) is 0. The van der Waals surface area contributed by atoms with Gasteiger partial charge in [-0.15, -0.1) is 0 Å². The van der Waals surface area contributed by atoms with E-state index in [1.807, 2.05) is 6.07 Å². The lowest BCUT2D eigenvalue weighted by molar-refractivity contribution is -0.153. The third-order valence-electron chi connectivity index (χ3n) is 6.72. The van der Waals surface area contributed by atoms with Gasteiger partial charge in [-0.2, -0.15) is 0 Å². The molecule has 4 atom stereocenters. The molecule has 0 spiro atoms. The molecule has 3 nitrogen and oxygen atoms in total. The molecule has 146 valence electrons. The minimum Gasteiger partial charge on any atom is -0.462 e. The van der Waals surface area contributed by atoms with Gasteiger partial charge in [0.05, 0.1) is 6.42 Å². The minimum atomic E-state index is 0.00567. The molecule has 2 fully saturated rings. The quantitative estimate of drug-likeness (QED) is 0.669. The van der Waals surface area contributed by atoms with Crippen LogP contribution in [0.15, 0.2) is 36.4 Å². The minimum absolute atomic E-state index is 0.00567. The van der Waals surface area contributed by atoms with Crippen LogP contribution in [0.2, 0.25) is 0 Å². The Hall–Kier alpha value is -1.61. The highest BCUT2D eigenvalue weighted by atomic mass is 16.5. The Morgan fingerprint density at radius 3 is 2.48 bits per heavy atom. The van der Waals surface area contributed by atoms with Crippen molar-refractivity contribution in [2.45, 2.75) is 89.4 Å². The van der Waals surface area contributed by atoms with Crippen LogP contribution in [-0.2, 0) is 9.53 Å². The number of allylic oxidation sites excluding steroid dienone is 2. The second kappa shape index (κ2) is 8.18. The summed E-state index contributed by atoms with van der Waals surface area (Å²) >= 11 is 0. The van der Waals surface area contributed by atoms with Crippen molar-refractivity contribution in [1.29, 1.82) is 0 Å². The van der Waals surface area contributed by atoms with Gasteiger partial charge < -0.3 is 4.74 Å². The molecule has 3 aliphatic rings. The maximum atomic E-state index is 12.7. The van der Waals surface area contributed by atoms with E-state index in [2.05, 4.69) is 49.1 Å². The van der Waals surface area contributed by atoms with E-state index in [1.54, 1.807) is 0 Å². The molecule has 4 rings (SSSR count). The highest BCUT2D eigenvalue weighted by molar-refractivity contribution is 5.76. The van der Waals surface area contributed by atoms with Gasteiger partial charge in [-0.05, 0) is 63.0 Å². The first-order chi connectivity index (χ1) is 13.1. The molecule has 2 unspecified atom stereocenters. The number of fused-ring (bicyclic) bond motifs is 2. The summed E-state index contributed by atoms with van der Waals surface area (Å²) in [5.41, 5.74) is 2.60. The van der Waals surface area contributed by atoms with E-state index >= 15 is 0 Å². The molecule has 1 aliphatic carbocycles. The SMILES string of the molecule is CC(C)N1[C@@H]2CC[C@H]1CC(OC(=O)CC1CCCC=C1c1ccccc1)C2. The standard InChI is InChI=1S/C24H33NO2/c1-17(2)25-20-12-13-21(25)16-22(15-20)27-24(26)14-19-10-6-7-11-23(19)18-8-4-3-5-9-18/h3-5,8-9,11,17,19-22H,6-7,10,12-16H2,1-2H3/t19?,20-,21+,22?. The van der Waals surface area contributed by atoms with Crippen molar-refractivity contribution >= 4 is 11.5 Å². The van der Waals surface area contributed by atoms with Crippen LogP contribution in [0.5, 0.6) is 0 Å². The number of carbonyl (C=O) groups excluding carboxylic acids is 1. The summed E-state index contributed by atoms with van der Waals surface area (Å²) in [5.74, 6) is 0.312. The van der Waals surface area contributed by atoms with Crippen LogP contribution >= 0.6 is 0 Å². The molecule has 0 amide bonds. The third-order valence-corrected chi connectivity index (χ3v) is 6.72. The summed E-state index contributed by atoms with van der Waals surface area (Å²) in [6, 6.07) is 12.3. The smallest absolute Gasteiger partial charge is 0.306 e. The number of piperidine rings is 1. The van der Waals surface area contributed by atoms with Crippen molar-refractivity contribution in [3.05, 3.63) is 42.0 Å². The van der Waals surface area contributed by atoms with Crippen LogP contribution in [0.3, 0.4) is 0 Å². The van der Waals surface area contributed by atoms with Crippen LogP contribution in [0.25, 0.3) is 5.57 Å². The van der Waals surface area contributed by atoms with Crippen LogP contribution < -0.4 is 0 Å². The van der Waals surface area contributed by atoms with E-state index in [-0.39, 0.29) is 12.1 Å². The van der Waals surface area contributed by atoms with Gasteiger partial charge in [0, 0.05) is 31.0 Å². The second-order valence-electron chi connectivity index (χ2n) is 8.87. The average molecular weight is 368 g/mol. The molecule has 2 heterocycles. The van der Waals surface area contributed by atoms with Crippen molar-refractivity contribution < 1.29 is 9.53 Å². The monoisotopic (exact) mass is 367 g/mol. The van der Waals surface area contributed by atoms with Gasteiger partial charge in [-0.25, -0.2) is 0 Å². The van der Waals surface area contributed by atoms with E-state index < -0.39 is 0 Å². The van der Waals surface area contributed by atoms with E-state index in [0.29, 0.717) is 30.5 Å². The van der Waals surface area contributed by atoms with Gasteiger partial charge in [0.15, 0.2) is 0 Å². The number of ether oxygens (including phenoxy) is 1. The van der Waals surface area contributed by atoms with Crippen LogP contribution in [0, 0.1) is 5.92 Å². The number of esters is 1. The molecule has 2 bridgehead atoms. The summed E-state index contributed by atoms with van der Waals surface area (Å²) in [5, 5.41) is 0. The fourth-order valence-corrected chi connectivity index (χ4v) is 5.68. The Kier molecular flexibility index (Phi) is 5.68. The highest BCUT2D eigenvalue weighted by Gasteiger charge is 2.43. The molecular formula is C24H33NO2. The number of rotatable bonds is 5. The van der Waals surface area contributed by atoms with Gasteiger partial charge in [0.2, 0.25) is 0 Å². The average Bonchev–Trinajstić information content (AvgIpc) is 2.94. The third kappa shape index (κ3) is 4.13. The maximum absolute atomic E-state index is 12.7. The molecular weight excluding hydrogens is 334 g/mol. The molecule has 1 aromatic rings. The van der Waals surface area contributed by atoms with E-state index in [1.165, 1.54) is 30.4 Å². The molecule has 2 saturated heterocycles. The summed E-state index contributed by atoms with van der Waals surface area (Å²) in [6.07, 6.45) is 10.9. The zero-order chi connectivity index (χ0) is 18.8. The first kappa shape index (κ1) is 18.7. The van der Waals surface area contributed by atoms with Crippen LogP contribution in [0.4, 0.5) is 0 Å². The summed E-state index contributed by atoms with van der Waals surface area (Å²) in [6.45, 7) is 4.58. The van der Waals surface area contributed by atoms with Crippen molar-refractivity contribution in [3.8, 4) is 0 Å². The molecule has 0 aromatic heterocycles. The van der Waals surface area contributed by atoms with E-state index in [9.17, 15) is 4.79 Å². The number of hydrogen-bond acceptors (Lipinski definition) is 3. The predicted octanol–water partition coefficient (Wildman–Crippen LogP) is 5.21. The predicted molar refractivity (Wildman–Crippen MR) is 109 cm³/mol. The maximum Gasteiger partial charge on any atom is 0.306 e. The number of carbonyl (C=O) groups is 1. The normalized spacial score (nSPS) is 31.0. The largest absolute Gasteiger partial charge is 0.462 e. The Morgan fingerprint density at radius 2 is 1.81 bits per heavy atom. The molecule has 2 aliphatic heterocycles. The zero-order valence-electron chi connectivity index (χ0n) is 16.8. The molecule has 27 heavy (non-hydrogen) atoms. The lowest BCUT2D eigenvalue weighted by Gasteiger charge is -2.41. The summed E-state index contributed by atoms with van der Waals surface area (Å²) in [4.78, 5) is 15.4. The van der Waals surface area contributed by atoms with Crippen molar-refractivity contribution in [1.82, 2.24) is 4.90 Å². The number of benzene rings is 1. The van der Waals surface area contributed by atoms with Crippen LogP contribution in [0.1, 0.15) is 70.8 Å². The first-order valence-corrected chi connectivity index (χ1v) is 10.8. The van der Waals surface area contributed by atoms with Crippen molar-refractivity contribution in [3.63, 3.8) is 0 Å². The highest BCUT2D eigenvalue weighted by Crippen LogP contribution is 2.39. The molecule has 0 saturated carbocycles. The van der Waals surface area contributed by atoms with Crippen molar-refractivity contribution in [2.24, 2.45) is 5.92 Å². The fraction of sp³-hybridized carbons (Fsp3) is 0.625. The van der Waals surface area contributed by atoms with Gasteiger partial charge in [0.1, 0.15) is 6.10 Å². The van der Waals surface area contributed by atoms with Crippen LogP contribution in [-0.4, -0.2) is 35.1 Å². The first-order valence-electron chi connectivity index (χ1n) is 10.8. The Bertz CT molecular complexity index is 667. The van der Waals surface area contributed by atoms with E-state index in [0.717, 1.165) is 25.7 Å². The molecule has 0 N–H and O–H groups in total. The van der Waals surface area contributed by atoms with Gasteiger partial charge in [0.25, 0.3) is 0 Å². The Labute approximate surface area is 163 Å². The topological polar surface area (TPSA) is 29.5 Å². The number of nitrogens with zero attached hydrogens (tertiary/aromatic N) is 1. The van der Waals surface area contributed by atoms with Crippen molar-refractivity contribution in [2.75, 3.05) is 0 Å². The lowest BCUT2D eigenvalue weighted by atomic mass is 9.82. The Morgan fingerprint density at radius 1 is 1.11 bits per heavy atom. The van der Waals surface area contributed by atoms with Gasteiger partial charge in [-0.3, -0.25) is 9.69 Å². The Balaban J connectivity index is 1.36. The molecule has 1 aromatic carbocycles. The van der Waals surface area contributed by atoms with E-state index in [4.69, 9.17) is 4.74 Å². The zero-order valence-corrected chi connectivity index (χ0v) is 16.8.